The van der Waals surface area contributed by atoms with Gasteiger partial charge in [-0.3, -0.25) is 9.59 Å². The maximum Gasteiger partial charge on any atom is 0.186 e. The van der Waals surface area contributed by atoms with Crippen LogP contribution in [0, 0.1) is 0 Å². The van der Waals surface area contributed by atoms with Crippen molar-refractivity contribution in [2.45, 2.75) is 30.8 Å². The Bertz CT molecular complexity index is 339. The lowest BCUT2D eigenvalue weighted by Crippen LogP contribution is -2.66. The highest BCUT2D eigenvalue weighted by Gasteiger charge is 2.44. The van der Waals surface area contributed by atoms with Gasteiger partial charge >= 0.3 is 0 Å². The summed E-state index contributed by atoms with van der Waals surface area (Å²) in [6.45, 7) is 1.86. The van der Waals surface area contributed by atoms with Crippen molar-refractivity contribution in [3.05, 3.63) is 0 Å². The number of aliphatic carboxylic acids is 1. The number of hydrogen-bond acceptors (Lipinski definition) is 7. The lowest BCUT2D eigenvalue weighted by Gasteiger charge is -2.32. The standard InChI is InChI=1S/C9H15FN2O4S/c1-4(17-5(2)13)7(14)9(12,3-11)6(10)8(15)16/h4,6H,3,11-12H2,1-2H3,(H,15,16)/p-1. The molecule has 0 bridgehead atoms. The molecule has 17 heavy (non-hydrogen) atoms. The second kappa shape index (κ2) is 6.08. The average molecular weight is 265 g/mol. The zero-order valence-corrected chi connectivity index (χ0v) is 10.3. The van der Waals surface area contributed by atoms with Crippen molar-refractivity contribution < 1.29 is 23.9 Å². The van der Waals surface area contributed by atoms with Crippen LogP contribution in [-0.2, 0) is 14.4 Å². The summed E-state index contributed by atoms with van der Waals surface area (Å²) < 4.78 is 13.3. The molecule has 98 valence electrons. The van der Waals surface area contributed by atoms with Crippen molar-refractivity contribution in [2.75, 3.05) is 6.54 Å². The molecule has 0 rings (SSSR count). The smallest absolute Gasteiger partial charge is 0.186 e. The first-order valence-corrected chi connectivity index (χ1v) is 5.60. The second-order valence-electron chi connectivity index (χ2n) is 3.54. The van der Waals surface area contributed by atoms with Crippen molar-refractivity contribution in [2.24, 2.45) is 11.5 Å². The lowest BCUT2D eigenvalue weighted by molar-refractivity contribution is -0.313. The lowest BCUT2D eigenvalue weighted by atomic mass is 9.88. The number of nitrogens with two attached hydrogens (primary N) is 2. The number of carbonyl (C=O) groups is 3. The number of carboxylic acids is 1. The number of alkyl halides is 1. The molecule has 0 aromatic rings. The fraction of sp³-hybridized carbons (Fsp3) is 0.667. The molecule has 0 saturated carbocycles. The SMILES string of the molecule is CC(=O)SC(C)C(=O)C(N)(CN)C(F)C(=O)[O-]. The van der Waals surface area contributed by atoms with Crippen molar-refractivity contribution in [1.82, 2.24) is 0 Å². The van der Waals surface area contributed by atoms with Crippen LogP contribution in [0.2, 0.25) is 0 Å². The third kappa shape index (κ3) is 3.76. The van der Waals surface area contributed by atoms with Crippen LogP contribution in [-0.4, -0.2) is 40.4 Å². The quantitative estimate of drug-likeness (QED) is 0.567. The third-order valence-corrected chi connectivity index (χ3v) is 3.07. The Morgan fingerprint density at radius 3 is 2.24 bits per heavy atom. The van der Waals surface area contributed by atoms with Gasteiger partial charge < -0.3 is 21.4 Å². The predicted molar refractivity (Wildman–Crippen MR) is 58.6 cm³/mol. The Hall–Kier alpha value is -0.990. The zero-order valence-electron chi connectivity index (χ0n) is 9.44. The molecule has 0 aromatic heterocycles. The van der Waals surface area contributed by atoms with Gasteiger partial charge in [-0.15, -0.1) is 0 Å². The summed E-state index contributed by atoms with van der Waals surface area (Å²) >= 11 is 0.630. The first-order valence-electron chi connectivity index (χ1n) is 4.72. The van der Waals surface area contributed by atoms with Crippen LogP contribution in [0.15, 0.2) is 0 Å². The van der Waals surface area contributed by atoms with Crippen LogP contribution in [0.3, 0.4) is 0 Å². The first kappa shape index (κ1) is 16.0. The molecule has 0 spiro atoms. The Morgan fingerprint density at radius 2 is 1.94 bits per heavy atom. The molecule has 6 nitrogen and oxygen atoms in total. The number of Topliss-reactive ketones (excluding diaryl/α,β-unsaturated/α-hetero) is 1. The largest absolute Gasteiger partial charge is 0.547 e. The van der Waals surface area contributed by atoms with Crippen molar-refractivity contribution >= 4 is 28.6 Å². The van der Waals surface area contributed by atoms with E-state index >= 15 is 0 Å². The van der Waals surface area contributed by atoms with Gasteiger partial charge in [-0.1, -0.05) is 11.8 Å². The van der Waals surface area contributed by atoms with Crippen LogP contribution in [0.5, 0.6) is 0 Å². The Kier molecular flexibility index (Phi) is 5.73. The molecule has 0 saturated heterocycles. The predicted octanol–water partition coefficient (Wildman–Crippen LogP) is -2.03. The summed E-state index contributed by atoms with van der Waals surface area (Å²) in [7, 11) is 0. The number of carboxylic acid groups (broad SMARTS) is 1. The zero-order chi connectivity index (χ0) is 13.8. The number of halogens is 1. The molecule has 4 N–H and O–H groups in total. The van der Waals surface area contributed by atoms with Crippen molar-refractivity contribution in [3.63, 3.8) is 0 Å². The minimum atomic E-state index is -2.71. The van der Waals surface area contributed by atoms with E-state index < -0.39 is 35.3 Å². The average Bonchev–Trinajstić information content (AvgIpc) is 2.24. The molecule has 0 aliphatic rings. The van der Waals surface area contributed by atoms with E-state index in [2.05, 4.69) is 0 Å². The molecule has 0 radical (unpaired) electrons. The van der Waals surface area contributed by atoms with E-state index in [0.717, 1.165) is 0 Å². The van der Waals surface area contributed by atoms with Gasteiger partial charge in [-0.25, -0.2) is 4.39 Å². The molecular weight excluding hydrogens is 251 g/mol. The van der Waals surface area contributed by atoms with Crippen LogP contribution in [0.25, 0.3) is 0 Å². The minimum Gasteiger partial charge on any atom is -0.547 e. The topological polar surface area (TPSA) is 126 Å². The summed E-state index contributed by atoms with van der Waals surface area (Å²) in [5, 5.41) is 9.07. The van der Waals surface area contributed by atoms with E-state index in [1.165, 1.54) is 13.8 Å². The monoisotopic (exact) mass is 265 g/mol. The number of carbonyl (C=O) groups excluding carboxylic acids is 3. The normalized spacial score (nSPS) is 17.9. The van der Waals surface area contributed by atoms with Crippen molar-refractivity contribution in [3.8, 4) is 0 Å². The van der Waals surface area contributed by atoms with E-state index in [4.69, 9.17) is 11.5 Å². The molecule has 0 heterocycles. The Labute approximate surface area is 102 Å². The summed E-state index contributed by atoms with van der Waals surface area (Å²) in [5.74, 6) is -3.04. The third-order valence-electron chi connectivity index (χ3n) is 2.17. The van der Waals surface area contributed by atoms with Gasteiger partial charge in [0.2, 0.25) is 0 Å². The molecule has 3 atom stereocenters. The van der Waals surface area contributed by atoms with E-state index in [1.54, 1.807) is 0 Å². The van der Waals surface area contributed by atoms with Crippen LogP contribution in [0.4, 0.5) is 4.39 Å². The highest BCUT2D eigenvalue weighted by atomic mass is 32.2. The van der Waals surface area contributed by atoms with Crippen LogP contribution >= 0.6 is 11.8 Å². The van der Waals surface area contributed by atoms with E-state index in [1.807, 2.05) is 0 Å². The van der Waals surface area contributed by atoms with Crippen LogP contribution in [0.1, 0.15) is 13.8 Å². The minimum absolute atomic E-state index is 0.367. The van der Waals surface area contributed by atoms with Gasteiger partial charge in [-0.2, -0.15) is 0 Å². The van der Waals surface area contributed by atoms with E-state index in [9.17, 15) is 23.9 Å². The molecule has 0 aromatic carbocycles. The molecule has 8 heteroatoms. The van der Waals surface area contributed by atoms with Gasteiger partial charge in [0.15, 0.2) is 17.1 Å². The number of rotatable bonds is 6. The van der Waals surface area contributed by atoms with Gasteiger partial charge in [0.25, 0.3) is 0 Å². The van der Waals surface area contributed by atoms with E-state index in [0.29, 0.717) is 11.8 Å². The van der Waals surface area contributed by atoms with E-state index in [-0.39, 0.29) is 5.12 Å². The maximum absolute atomic E-state index is 13.3. The van der Waals surface area contributed by atoms with Gasteiger partial charge in [-0.05, 0) is 6.92 Å². The fourth-order valence-electron chi connectivity index (χ4n) is 1.22. The number of hydrogen-bond donors (Lipinski definition) is 2. The van der Waals surface area contributed by atoms with Crippen molar-refractivity contribution in [1.29, 1.82) is 0 Å². The van der Waals surface area contributed by atoms with Gasteiger partial charge in [0.1, 0.15) is 5.54 Å². The van der Waals surface area contributed by atoms with Gasteiger partial charge in [0, 0.05) is 13.5 Å². The van der Waals surface area contributed by atoms with Gasteiger partial charge in [0.05, 0.1) is 11.2 Å². The maximum atomic E-state index is 13.3. The Balaban J connectivity index is 5.04. The molecule has 0 amide bonds. The highest BCUT2D eigenvalue weighted by Crippen LogP contribution is 2.21. The molecule has 0 aliphatic heterocycles. The second-order valence-corrected chi connectivity index (χ2v) is 5.06. The molecular formula is C9H14FN2O4S-. The summed E-state index contributed by atoms with van der Waals surface area (Å²) in [5.41, 5.74) is 8.14. The highest BCUT2D eigenvalue weighted by molar-refractivity contribution is 8.14. The summed E-state index contributed by atoms with van der Waals surface area (Å²) in [4.78, 5) is 33.0. The molecule has 3 unspecified atom stereocenters. The first-order chi connectivity index (χ1) is 7.66. The number of thioether (sulfide) groups is 1. The Morgan fingerprint density at radius 1 is 1.47 bits per heavy atom. The van der Waals surface area contributed by atoms with Crippen LogP contribution < -0.4 is 16.6 Å². The number of ketones is 1. The molecule has 0 aliphatic carbocycles. The summed E-state index contributed by atoms with van der Waals surface area (Å²) in [6, 6.07) is 0. The summed E-state index contributed by atoms with van der Waals surface area (Å²) in [6.07, 6.45) is -2.71. The molecule has 0 fully saturated rings. The fourth-order valence-corrected chi connectivity index (χ4v) is 2.04.